The summed E-state index contributed by atoms with van der Waals surface area (Å²) in [6.07, 6.45) is 3.14. The van der Waals surface area contributed by atoms with Crippen LogP contribution in [0.1, 0.15) is 5.56 Å². The maximum atomic E-state index is 12.0. The van der Waals surface area contributed by atoms with E-state index in [0.717, 1.165) is 28.4 Å². The van der Waals surface area contributed by atoms with Crippen LogP contribution in [-0.2, 0) is 4.79 Å². The van der Waals surface area contributed by atoms with E-state index in [1.165, 1.54) is 6.08 Å². The number of ether oxygens (including phenoxy) is 1. The monoisotopic (exact) mass is 403 g/mol. The van der Waals surface area contributed by atoms with Crippen molar-refractivity contribution in [2.24, 2.45) is 0 Å². The van der Waals surface area contributed by atoms with Crippen molar-refractivity contribution in [1.29, 1.82) is 0 Å². The van der Waals surface area contributed by atoms with Crippen LogP contribution in [0.5, 0.6) is 5.75 Å². The Balaban J connectivity index is 1.49. The molecular formula is C23H21N3O2S. The van der Waals surface area contributed by atoms with Crippen LogP contribution in [0.4, 0.5) is 17.1 Å². The van der Waals surface area contributed by atoms with Crippen LogP contribution < -0.4 is 20.7 Å². The normalized spacial score (nSPS) is 10.4. The van der Waals surface area contributed by atoms with E-state index in [1.54, 1.807) is 13.2 Å². The third-order valence-corrected chi connectivity index (χ3v) is 4.19. The molecule has 3 rings (SSSR count). The predicted octanol–water partition coefficient (Wildman–Crippen LogP) is 4.97. The molecule has 3 aromatic carbocycles. The highest BCUT2D eigenvalue weighted by molar-refractivity contribution is 7.80. The molecule has 0 heterocycles. The van der Waals surface area contributed by atoms with Crippen LogP contribution >= 0.6 is 12.2 Å². The minimum atomic E-state index is -0.305. The molecule has 0 aliphatic carbocycles. The van der Waals surface area contributed by atoms with Crippen molar-refractivity contribution in [3.05, 3.63) is 90.5 Å². The highest BCUT2D eigenvalue weighted by Crippen LogP contribution is 2.18. The number of rotatable bonds is 6. The standard InChI is InChI=1S/C23H21N3O2S/c1-28-21-14-7-17(8-15-21)9-16-22(27)26-23(29)25-20-12-10-19(11-13-20)24-18-5-3-2-4-6-18/h2-16,24H,1H3,(H2,25,26,27,29)/b16-9+. The summed E-state index contributed by atoms with van der Waals surface area (Å²) in [6, 6.07) is 25.0. The van der Waals surface area contributed by atoms with Crippen LogP contribution in [-0.4, -0.2) is 18.1 Å². The summed E-state index contributed by atoms with van der Waals surface area (Å²) in [5.41, 5.74) is 3.65. The third kappa shape index (κ3) is 6.48. The van der Waals surface area contributed by atoms with Gasteiger partial charge < -0.3 is 15.4 Å². The molecule has 3 aromatic rings. The molecule has 29 heavy (non-hydrogen) atoms. The van der Waals surface area contributed by atoms with Crippen molar-refractivity contribution in [3.63, 3.8) is 0 Å². The smallest absolute Gasteiger partial charge is 0.250 e. The Morgan fingerprint density at radius 2 is 1.48 bits per heavy atom. The Labute approximate surface area is 175 Å². The lowest BCUT2D eigenvalue weighted by atomic mass is 10.2. The number of methoxy groups -OCH3 is 1. The van der Waals surface area contributed by atoms with Gasteiger partial charge in [0.2, 0.25) is 5.91 Å². The second-order valence-electron chi connectivity index (χ2n) is 6.12. The van der Waals surface area contributed by atoms with Gasteiger partial charge in [0.05, 0.1) is 7.11 Å². The maximum Gasteiger partial charge on any atom is 0.250 e. The summed E-state index contributed by atoms with van der Waals surface area (Å²) in [7, 11) is 1.61. The predicted molar refractivity (Wildman–Crippen MR) is 123 cm³/mol. The summed E-state index contributed by atoms with van der Waals surface area (Å²) < 4.78 is 5.11. The molecule has 146 valence electrons. The van der Waals surface area contributed by atoms with E-state index in [0.29, 0.717) is 0 Å². The number of thiocarbonyl (C=S) groups is 1. The highest BCUT2D eigenvalue weighted by atomic mass is 32.1. The van der Waals surface area contributed by atoms with Crippen molar-refractivity contribution in [3.8, 4) is 5.75 Å². The van der Waals surface area contributed by atoms with E-state index in [1.807, 2.05) is 78.9 Å². The number of benzene rings is 3. The molecule has 0 aliphatic heterocycles. The van der Waals surface area contributed by atoms with Gasteiger partial charge in [-0.25, -0.2) is 0 Å². The molecule has 0 radical (unpaired) electrons. The number of para-hydroxylation sites is 1. The van der Waals surface area contributed by atoms with Crippen molar-refractivity contribution in [2.45, 2.75) is 0 Å². The number of hydrogen-bond acceptors (Lipinski definition) is 4. The quantitative estimate of drug-likeness (QED) is 0.401. The fraction of sp³-hybridized carbons (Fsp3) is 0.0435. The van der Waals surface area contributed by atoms with Crippen LogP contribution in [0, 0.1) is 0 Å². The third-order valence-electron chi connectivity index (χ3n) is 3.98. The molecule has 0 unspecified atom stereocenters. The minimum Gasteiger partial charge on any atom is -0.497 e. The fourth-order valence-electron chi connectivity index (χ4n) is 2.53. The van der Waals surface area contributed by atoms with E-state index >= 15 is 0 Å². The van der Waals surface area contributed by atoms with Gasteiger partial charge in [-0.1, -0.05) is 30.3 Å². The number of carbonyl (C=O) groups is 1. The minimum absolute atomic E-state index is 0.234. The molecule has 6 heteroatoms. The number of carbonyl (C=O) groups excluding carboxylic acids is 1. The summed E-state index contributed by atoms with van der Waals surface area (Å²) in [4.78, 5) is 12.0. The second kappa shape index (κ2) is 10.1. The Hall–Kier alpha value is -3.64. The van der Waals surface area contributed by atoms with Gasteiger partial charge in [0.15, 0.2) is 5.11 Å². The average Bonchev–Trinajstić information content (AvgIpc) is 2.75. The summed E-state index contributed by atoms with van der Waals surface area (Å²) in [5, 5.41) is 9.17. The van der Waals surface area contributed by atoms with E-state index in [4.69, 9.17) is 17.0 Å². The highest BCUT2D eigenvalue weighted by Gasteiger charge is 2.02. The Morgan fingerprint density at radius 1 is 0.862 bits per heavy atom. The lowest BCUT2D eigenvalue weighted by Crippen LogP contribution is -2.32. The first kappa shape index (κ1) is 20.1. The van der Waals surface area contributed by atoms with Gasteiger partial charge in [-0.15, -0.1) is 0 Å². The molecule has 0 saturated heterocycles. The molecule has 0 spiro atoms. The zero-order valence-corrected chi connectivity index (χ0v) is 16.7. The molecule has 0 saturated carbocycles. The van der Waals surface area contributed by atoms with Gasteiger partial charge in [0.1, 0.15) is 5.75 Å². The van der Waals surface area contributed by atoms with E-state index in [-0.39, 0.29) is 11.0 Å². The van der Waals surface area contributed by atoms with Crippen LogP contribution in [0.3, 0.4) is 0 Å². The second-order valence-corrected chi connectivity index (χ2v) is 6.53. The summed E-state index contributed by atoms with van der Waals surface area (Å²) >= 11 is 5.20. The molecule has 0 fully saturated rings. The fourth-order valence-corrected chi connectivity index (χ4v) is 2.75. The number of hydrogen-bond donors (Lipinski definition) is 3. The van der Waals surface area contributed by atoms with Crippen molar-refractivity contribution in [1.82, 2.24) is 5.32 Å². The van der Waals surface area contributed by atoms with Crippen LogP contribution in [0.2, 0.25) is 0 Å². The Kier molecular flexibility index (Phi) is 6.97. The van der Waals surface area contributed by atoms with Crippen LogP contribution in [0.15, 0.2) is 84.9 Å². The molecule has 0 bridgehead atoms. The zero-order valence-electron chi connectivity index (χ0n) is 15.9. The zero-order chi connectivity index (χ0) is 20.5. The van der Waals surface area contributed by atoms with Gasteiger partial charge in [0, 0.05) is 23.1 Å². The van der Waals surface area contributed by atoms with E-state index in [9.17, 15) is 4.79 Å². The maximum absolute atomic E-state index is 12.0. The van der Waals surface area contributed by atoms with Gasteiger partial charge in [-0.2, -0.15) is 0 Å². The molecular weight excluding hydrogens is 382 g/mol. The first-order valence-electron chi connectivity index (χ1n) is 8.98. The van der Waals surface area contributed by atoms with Gasteiger partial charge in [-0.3, -0.25) is 10.1 Å². The Morgan fingerprint density at radius 3 is 2.14 bits per heavy atom. The number of anilines is 3. The molecule has 1 amide bonds. The van der Waals surface area contributed by atoms with Gasteiger partial charge >= 0.3 is 0 Å². The molecule has 0 atom stereocenters. The first-order valence-corrected chi connectivity index (χ1v) is 9.39. The molecule has 5 nitrogen and oxygen atoms in total. The van der Waals surface area contributed by atoms with Crippen molar-refractivity contribution in [2.75, 3.05) is 17.7 Å². The molecule has 0 aliphatic rings. The number of amides is 1. The largest absolute Gasteiger partial charge is 0.497 e. The summed E-state index contributed by atoms with van der Waals surface area (Å²) in [6.45, 7) is 0. The van der Waals surface area contributed by atoms with Gasteiger partial charge in [-0.05, 0) is 72.4 Å². The number of nitrogens with one attached hydrogen (secondary N) is 3. The Bertz CT molecular complexity index is 985. The van der Waals surface area contributed by atoms with Gasteiger partial charge in [0.25, 0.3) is 0 Å². The van der Waals surface area contributed by atoms with E-state index in [2.05, 4.69) is 16.0 Å². The lowest BCUT2D eigenvalue weighted by Gasteiger charge is -2.10. The summed E-state index contributed by atoms with van der Waals surface area (Å²) in [5.74, 6) is 0.461. The first-order chi connectivity index (χ1) is 14.1. The van der Waals surface area contributed by atoms with E-state index < -0.39 is 0 Å². The lowest BCUT2D eigenvalue weighted by molar-refractivity contribution is -0.115. The topological polar surface area (TPSA) is 62.4 Å². The SMILES string of the molecule is COc1ccc(/C=C/C(=O)NC(=S)Nc2ccc(Nc3ccccc3)cc2)cc1. The molecule has 0 aromatic heterocycles. The average molecular weight is 404 g/mol. The van der Waals surface area contributed by atoms with Crippen molar-refractivity contribution < 1.29 is 9.53 Å². The van der Waals surface area contributed by atoms with Crippen LogP contribution in [0.25, 0.3) is 6.08 Å². The van der Waals surface area contributed by atoms with Crippen molar-refractivity contribution >= 4 is 46.4 Å². The molecule has 3 N–H and O–H groups in total.